The number of hydrogen-bond donors (Lipinski definition) is 4. The van der Waals surface area contributed by atoms with Gasteiger partial charge < -0.3 is 25.1 Å². The van der Waals surface area contributed by atoms with Gasteiger partial charge in [0.2, 0.25) is 0 Å². The lowest BCUT2D eigenvalue weighted by Crippen LogP contribution is -2.73. The highest BCUT2D eigenvalue weighted by atomic mass is 16.3. The van der Waals surface area contributed by atoms with E-state index >= 15 is 0 Å². The van der Waals surface area contributed by atoms with Crippen molar-refractivity contribution in [1.82, 2.24) is 10.2 Å². The molecule has 0 saturated heterocycles. The molecule has 0 saturated carbocycles. The molecule has 8 nitrogen and oxygen atoms in total. The number of hydrogen-bond acceptors (Lipinski definition) is 3. The molecule has 0 aliphatic heterocycles. The molecule has 1 aromatic heterocycles. The lowest BCUT2D eigenvalue weighted by atomic mass is 9.85. The molecule has 5 N–H and O–H groups in total. The van der Waals surface area contributed by atoms with E-state index in [-0.39, 0.29) is 46.0 Å². The van der Waals surface area contributed by atoms with E-state index in [9.17, 15) is 15.3 Å². The van der Waals surface area contributed by atoms with Crippen LogP contribution < -0.4 is 16.0 Å². The number of carbonyl (C=O) groups excluding carboxylic acids is 1. The Bertz CT molecular complexity index is 1230. The third kappa shape index (κ3) is 6.29. The van der Waals surface area contributed by atoms with Crippen molar-refractivity contribution in [2.75, 3.05) is 7.05 Å². The smallest absolute Gasteiger partial charge is 0.269 e. The maximum atomic E-state index is 13.0. The first-order valence-corrected chi connectivity index (χ1v) is 11.4. The third-order valence-corrected chi connectivity index (χ3v) is 5.59. The highest BCUT2D eigenvalue weighted by Crippen LogP contribution is 2.33. The number of para-hydroxylation sites is 1. The van der Waals surface area contributed by atoms with E-state index in [0.717, 1.165) is 11.3 Å². The predicted molar refractivity (Wildman–Crippen MR) is 137 cm³/mol. The van der Waals surface area contributed by atoms with Crippen molar-refractivity contribution in [3.05, 3.63) is 88.7 Å². The topological polar surface area (TPSA) is 128 Å². The summed E-state index contributed by atoms with van der Waals surface area (Å²) in [7, 11) is 1.67. The van der Waals surface area contributed by atoms with Crippen LogP contribution >= 0.6 is 0 Å². The molecule has 3 rings (SSSR count). The van der Waals surface area contributed by atoms with E-state index in [1.807, 2.05) is 70.2 Å². The summed E-state index contributed by atoms with van der Waals surface area (Å²) in [5.74, 6) is 0.389. The Morgan fingerprint density at radius 3 is 2.43 bits per heavy atom. The minimum atomic E-state index is -0.371. The Hall–Kier alpha value is -4.07. The fourth-order valence-corrected chi connectivity index (χ4v) is 3.69. The monoisotopic (exact) mass is 475 g/mol. The first kappa shape index (κ1) is 25.6. The first-order chi connectivity index (χ1) is 16.5. The zero-order valence-electron chi connectivity index (χ0n) is 20.8. The van der Waals surface area contributed by atoms with Gasteiger partial charge in [-0.25, -0.2) is 4.99 Å². The molecule has 3 aromatic rings. The summed E-state index contributed by atoms with van der Waals surface area (Å²) in [6.07, 6.45) is 0. The number of aryl methyl sites for hydroxylation is 1. The third-order valence-electron chi connectivity index (χ3n) is 5.59. The number of phenols is 1. The van der Waals surface area contributed by atoms with Crippen LogP contribution in [0.3, 0.4) is 0 Å². The average Bonchev–Trinajstić information content (AvgIpc) is 3.23. The van der Waals surface area contributed by atoms with Gasteiger partial charge in [-0.1, -0.05) is 57.2 Å². The van der Waals surface area contributed by atoms with Gasteiger partial charge in [-0.15, -0.1) is 0 Å². The van der Waals surface area contributed by atoms with Crippen LogP contribution in [0, 0.1) is 12.3 Å². The van der Waals surface area contributed by atoms with Crippen molar-refractivity contribution < 1.29 is 19.3 Å². The number of rotatable bonds is 6. The Morgan fingerprint density at radius 1 is 1.14 bits per heavy atom. The molecule has 1 atom stereocenters. The van der Waals surface area contributed by atoms with Gasteiger partial charge in [0.05, 0.1) is 5.56 Å². The molecule has 0 fully saturated rings. The minimum absolute atomic E-state index is 0.111. The quantitative estimate of drug-likeness (QED) is 0.248. The lowest BCUT2D eigenvalue weighted by molar-refractivity contribution is -0.353. The van der Waals surface area contributed by atoms with E-state index in [0.29, 0.717) is 12.3 Å². The average molecular weight is 476 g/mol. The van der Waals surface area contributed by atoms with Gasteiger partial charge in [-0.3, -0.25) is 10.5 Å². The second-order valence-electron chi connectivity index (χ2n) is 9.63. The second-order valence-corrected chi connectivity index (χ2v) is 9.63. The molecule has 35 heavy (non-hydrogen) atoms. The van der Waals surface area contributed by atoms with Gasteiger partial charge in [0.25, 0.3) is 11.7 Å². The van der Waals surface area contributed by atoms with Crippen LogP contribution in [0.2, 0.25) is 0 Å². The van der Waals surface area contributed by atoms with Crippen molar-refractivity contribution in [2.24, 2.45) is 11.1 Å². The highest BCUT2D eigenvalue weighted by molar-refractivity contribution is 6.39. The van der Waals surface area contributed by atoms with E-state index in [1.54, 1.807) is 19.2 Å². The lowest BCUT2D eigenvalue weighted by Gasteiger charge is -2.35. The molecular weight excluding hydrogens is 442 g/mol. The summed E-state index contributed by atoms with van der Waals surface area (Å²) in [4.78, 5) is 17.3. The molecule has 8 heteroatoms. The van der Waals surface area contributed by atoms with Crippen LogP contribution in [0.5, 0.6) is 5.75 Å². The number of nitrogens with zero attached hydrogens (tertiary/aromatic N) is 2. The first-order valence-electron chi connectivity index (χ1n) is 11.4. The van der Waals surface area contributed by atoms with Crippen LogP contribution in [0.15, 0.2) is 65.1 Å². The molecule has 0 aliphatic carbocycles. The fraction of sp³-hybridized carbons (Fsp3) is 0.296. The summed E-state index contributed by atoms with van der Waals surface area (Å²) in [5, 5.41) is 24.5. The largest absolute Gasteiger partial charge is 0.503 e. The van der Waals surface area contributed by atoms with Crippen molar-refractivity contribution in [1.29, 1.82) is 0 Å². The summed E-state index contributed by atoms with van der Waals surface area (Å²) < 4.78 is 5.76. The Morgan fingerprint density at radius 2 is 1.83 bits per heavy atom. The molecule has 2 aromatic carbocycles. The Balaban J connectivity index is 1.80. The summed E-state index contributed by atoms with van der Waals surface area (Å²) in [6, 6.07) is 17.7. The number of amides is 1. The van der Waals surface area contributed by atoms with E-state index in [2.05, 4.69) is 10.3 Å². The van der Waals surface area contributed by atoms with Gasteiger partial charge in [-0.05, 0) is 42.2 Å². The maximum absolute atomic E-state index is 13.0. The molecule has 0 spiro atoms. The highest BCUT2D eigenvalue weighted by Gasteiger charge is 2.27. The van der Waals surface area contributed by atoms with Crippen molar-refractivity contribution >= 4 is 23.3 Å². The van der Waals surface area contributed by atoms with Crippen LogP contribution in [-0.4, -0.2) is 34.6 Å². The van der Waals surface area contributed by atoms with E-state index < -0.39 is 0 Å². The van der Waals surface area contributed by atoms with Gasteiger partial charge in [-0.2, -0.15) is 0 Å². The molecule has 0 bridgehead atoms. The zero-order valence-corrected chi connectivity index (χ0v) is 20.8. The molecule has 184 valence electrons. The molecular formula is C27H33N5O3. The number of carbonyl (C=O) groups is 1. The summed E-state index contributed by atoms with van der Waals surface area (Å²) in [5.41, 5.74) is 7.07. The normalized spacial score (nSPS) is 12.8. The van der Waals surface area contributed by atoms with E-state index in [1.165, 1.54) is 11.0 Å². The number of nitrogens with one attached hydrogen (secondary N) is 2. The molecule has 0 unspecified atom stereocenters. The summed E-state index contributed by atoms with van der Waals surface area (Å²) >= 11 is 0. The van der Waals surface area contributed by atoms with Crippen LogP contribution in [-0.2, 0) is 6.54 Å². The van der Waals surface area contributed by atoms with Gasteiger partial charge in [0.1, 0.15) is 11.5 Å². The molecule has 0 radical (unpaired) electrons. The van der Waals surface area contributed by atoms with Gasteiger partial charge in [0.15, 0.2) is 11.4 Å². The Kier molecular flexibility index (Phi) is 7.64. The number of nitrogens with two attached hydrogens (primary N) is 1. The zero-order chi connectivity index (χ0) is 25.8. The number of aromatic hydroxyl groups is 1. The van der Waals surface area contributed by atoms with Crippen LogP contribution in [0.25, 0.3) is 5.41 Å². The predicted octanol–water partition coefficient (Wildman–Crippen LogP) is 2.98. The molecule has 0 aliphatic rings. The number of furan rings is 1. The standard InChI is InChI=1S/C27H32N5O3/c1-17-14-15-21(35-17)23(27(2,3)4)31-25(29)24(28)30-20-13-9-12-19(22(20)33)26(34)32(5)16-18-10-7-6-8-11-18/h6-15,23H,16H2,1-5H3,(H4-,28,29,30,31,33,34)/q-1/p+1/t23-/m0/s1. The fourth-order valence-electron chi connectivity index (χ4n) is 3.69. The van der Waals surface area contributed by atoms with E-state index in [4.69, 9.17) is 10.2 Å². The van der Waals surface area contributed by atoms with Gasteiger partial charge >= 0.3 is 0 Å². The number of phenolic OH excluding ortho intramolecular Hbond substituents is 1. The van der Waals surface area contributed by atoms with Crippen LogP contribution in [0.4, 0.5) is 5.69 Å². The SMILES string of the molecule is Cc1ccc([C@H](NC(=[N-])C(N)=[NH+]c2cccc(C(=O)N(C)Cc3ccccc3)c2O)C(C)(C)C)o1. The van der Waals surface area contributed by atoms with Crippen molar-refractivity contribution in [3.63, 3.8) is 0 Å². The number of benzene rings is 2. The Labute approximate surface area is 206 Å². The number of amidine groups is 2. The van der Waals surface area contributed by atoms with Gasteiger partial charge in [0, 0.05) is 25.5 Å². The second kappa shape index (κ2) is 10.5. The molecule has 1 amide bonds. The van der Waals surface area contributed by atoms with Crippen molar-refractivity contribution in [3.8, 4) is 5.75 Å². The minimum Gasteiger partial charge on any atom is -0.503 e. The maximum Gasteiger partial charge on any atom is 0.269 e. The van der Waals surface area contributed by atoms with Crippen LogP contribution in [0.1, 0.15) is 54.3 Å². The van der Waals surface area contributed by atoms with Crippen molar-refractivity contribution in [2.45, 2.75) is 40.3 Å². The summed E-state index contributed by atoms with van der Waals surface area (Å²) in [6.45, 7) is 8.26. The molecule has 1 heterocycles.